The van der Waals surface area contributed by atoms with Crippen molar-refractivity contribution in [1.82, 2.24) is 19.5 Å². The maximum atomic E-state index is 4.99. The van der Waals surface area contributed by atoms with Crippen molar-refractivity contribution in [2.24, 2.45) is 0 Å². The molecule has 1 aliphatic rings. The normalized spacial score (nSPS) is 14.6. The molecule has 3 aromatic carbocycles. The zero-order chi connectivity index (χ0) is 41.7. The predicted octanol–water partition coefficient (Wildman–Crippen LogP) is 15.2. The van der Waals surface area contributed by atoms with Gasteiger partial charge in [-0.05, 0) is 118 Å². The van der Waals surface area contributed by atoms with Gasteiger partial charge in [0, 0.05) is 33.5 Å². The summed E-state index contributed by atoms with van der Waals surface area (Å²) >= 11 is 0. The van der Waals surface area contributed by atoms with Crippen LogP contribution < -0.4 is 0 Å². The van der Waals surface area contributed by atoms with Gasteiger partial charge in [0.25, 0.3) is 0 Å². The highest BCUT2D eigenvalue weighted by molar-refractivity contribution is 5.87. The average molecular weight is 773 g/mol. The lowest BCUT2D eigenvalue weighted by molar-refractivity contribution is 0.903. The van der Waals surface area contributed by atoms with Crippen molar-refractivity contribution in [3.8, 4) is 28.2 Å². The number of nitrogens with zero attached hydrogens (tertiary/aromatic N) is 4. The van der Waals surface area contributed by atoms with Gasteiger partial charge in [0.1, 0.15) is 0 Å². The van der Waals surface area contributed by atoms with Crippen molar-refractivity contribution < 1.29 is 0 Å². The van der Waals surface area contributed by atoms with Crippen molar-refractivity contribution in [3.05, 3.63) is 210 Å². The summed E-state index contributed by atoms with van der Waals surface area (Å²) in [4.78, 5) is 14.9. The van der Waals surface area contributed by atoms with Gasteiger partial charge < -0.3 is 4.57 Å². The van der Waals surface area contributed by atoms with E-state index >= 15 is 0 Å². The Morgan fingerprint density at radius 2 is 1.47 bits per heavy atom. The van der Waals surface area contributed by atoms with Crippen LogP contribution >= 0.6 is 0 Å². The lowest BCUT2D eigenvalue weighted by Gasteiger charge is -2.17. The molecule has 296 valence electrons. The first kappa shape index (κ1) is 42.0. The molecule has 2 aromatic heterocycles. The Morgan fingerprint density at radius 3 is 2.10 bits per heavy atom. The summed E-state index contributed by atoms with van der Waals surface area (Å²) in [6, 6.07) is 28.2. The van der Waals surface area contributed by atoms with Gasteiger partial charge in [0.05, 0.1) is 5.52 Å². The van der Waals surface area contributed by atoms with Gasteiger partial charge >= 0.3 is 0 Å². The molecule has 0 N–H and O–H groups in total. The van der Waals surface area contributed by atoms with Crippen molar-refractivity contribution in [3.63, 3.8) is 0 Å². The maximum Gasteiger partial charge on any atom is 0.164 e. The molecule has 0 amide bonds. The van der Waals surface area contributed by atoms with Gasteiger partial charge in [-0.2, -0.15) is 0 Å². The summed E-state index contributed by atoms with van der Waals surface area (Å²) in [6.45, 7) is 20.7. The van der Waals surface area contributed by atoms with Crippen LogP contribution in [0.1, 0.15) is 84.6 Å². The average Bonchev–Trinajstić information content (AvgIpc) is 3.64. The van der Waals surface area contributed by atoms with Crippen molar-refractivity contribution in [2.75, 3.05) is 0 Å². The van der Waals surface area contributed by atoms with Crippen LogP contribution in [0.3, 0.4) is 0 Å². The molecule has 1 aliphatic carbocycles. The van der Waals surface area contributed by atoms with Crippen molar-refractivity contribution >= 4 is 28.1 Å². The number of allylic oxidation sites excluding steroid dienone is 19. The third-order valence-electron chi connectivity index (χ3n) is 10.6. The minimum Gasteiger partial charge on any atom is -0.310 e. The molecule has 0 fully saturated rings. The first-order valence-electron chi connectivity index (χ1n) is 20.8. The molecule has 0 radical (unpaired) electrons. The Labute approximate surface area is 351 Å². The van der Waals surface area contributed by atoms with E-state index in [1.54, 1.807) is 0 Å². The molecule has 0 atom stereocenters. The Kier molecular flexibility index (Phi) is 14.3. The quantitative estimate of drug-likeness (QED) is 0.0996. The molecule has 0 saturated heterocycles. The monoisotopic (exact) mass is 772 g/mol. The standard InChI is InChI=1S/C55H56N4/c1-9-21-39(8)49(14-6)55-57-53(40(13-5)22-10-2)56-54(58-55)44-31-29-41(30-32-44)42-33-35-47(36-34-42)59-48(38-46-27-19-20-28-52(46)59)37-45(23-11-3)51(24-12-4)50(15-7)43-25-17-16-18-26-43/h10-15,17,19-20,22-38H,4,6,9,16,18,21H2,1-3,5,7-8H3/b22-10-,23-11-,40-13+,45-37+,49-39+,50-15-,51-24-. The van der Waals surface area contributed by atoms with E-state index in [0.29, 0.717) is 17.5 Å². The van der Waals surface area contributed by atoms with Crippen molar-refractivity contribution in [1.29, 1.82) is 0 Å². The molecule has 59 heavy (non-hydrogen) atoms. The van der Waals surface area contributed by atoms with E-state index in [9.17, 15) is 0 Å². The highest BCUT2D eigenvalue weighted by Gasteiger charge is 2.17. The lowest BCUT2D eigenvalue weighted by Crippen LogP contribution is -2.05. The van der Waals surface area contributed by atoms with Crippen LogP contribution in [0.5, 0.6) is 0 Å². The van der Waals surface area contributed by atoms with Crippen LogP contribution in [0.2, 0.25) is 0 Å². The van der Waals surface area contributed by atoms with Crippen LogP contribution in [0, 0.1) is 0 Å². The van der Waals surface area contributed by atoms with E-state index in [0.717, 1.165) is 81.6 Å². The summed E-state index contributed by atoms with van der Waals surface area (Å²) < 4.78 is 2.35. The highest BCUT2D eigenvalue weighted by Crippen LogP contribution is 2.34. The van der Waals surface area contributed by atoms with E-state index in [4.69, 9.17) is 15.0 Å². The Bertz CT molecular complexity index is 2610. The lowest BCUT2D eigenvalue weighted by atomic mass is 9.88. The number of hydrogen-bond donors (Lipinski definition) is 0. The molecule has 0 bridgehead atoms. The number of aromatic nitrogens is 4. The second kappa shape index (κ2) is 20.2. The van der Waals surface area contributed by atoms with Gasteiger partial charge in [-0.1, -0.05) is 160 Å². The molecule has 0 spiro atoms. The molecule has 2 heterocycles. The molecule has 0 aliphatic heterocycles. The molecule has 0 unspecified atom stereocenters. The molecule has 6 rings (SSSR count). The van der Waals surface area contributed by atoms with Gasteiger partial charge in [-0.15, -0.1) is 0 Å². The van der Waals surface area contributed by atoms with Crippen molar-refractivity contribution in [2.45, 2.75) is 67.2 Å². The zero-order valence-corrected chi connectivity index (χ0v) is 35.5. The summed E-state index contributed by atoms with van der Waals surface area (Å²) in [5.74, 6) is 1.93. The fourth-order valence-electron chi connectivity index (χ4n) is 7.69. The van der Waals surface area contributed by atoms with Crippen LogP contribution in [-0.2, 0) is 0 Å². The molecule has 4 heteroatoms. The Balaban J connectivity index is 1.38. The van der Waals surface area contributed by atoms with E-state index in [2.05, 4.69) is 173 Å². The zero-order valence-electron chi connectivity index (χ0n) is 35.5. The van der Waals surface area contributed by atoms with Gasteiger partial charge in [0.15, 0.2) is 17.5 Å². The molecular weight excluding hydrogens is 717 g/mol. The Hall–Kier alpha value is -6.65. The second-order valence-corrected chi connectivity index (χ2v) is 14.5. The number of hydrogen-bond acceptors (Lipinski definition) is 3. The summed E-state index contributed by atoms with van der Waals surface area (Å²) in [5, 5.41) is 1.19. The third-order valence-corrected chi connectivity index (χ3v) is 10.6. The fourth-order valence-corrected chi connectivity index (χ4v) is 7.69. The first-order chi connectivity index (χ1) is 28.9. The molecule has 0 saturated carbocycles. The van der Waals surface area contributed by atoms with Crippen LogP contribution in [0.4, 0.5) is 0 Å². The van der Waals surface area contributed by atoms with E-state index in [1.165, 1.54) is 22.1 Å². The van der Waals surface area contributed by atoms with E-state index in [1.807, 2.05) is 44.2 Å². The largest absolute Gasteiger partial charge is 0.310 e. The SMILES string of the molecule is C=C/C=C(C(=C/C)\C1=CCCC=C1)/C(/C=C\C)=C/c1cc2ccccc2n1-c1ccc(-c2ccc(-c3nc(C(/C=C\C)=C/C)nc(/C(C=C)=C(\C)CCC)n3)cc2)cc1. The smallest absolute Gasteiger partial charge is 0.164 e. The first-order valence-corrected chi connectivity index (χ1v) is 20.8. The minimum atomic E-state index is 0.635. The van der Waals surface area contributed by atoms with Crippen LogP contribution in [0.25, 0.3) is 56.3 Å². The van der Waals surface area contributed by atoms with Crippen LogP contribution in [-0.4, -0.2) is 19.5 Å². The maximum absolute atomic E-state index is 4.99. The summed E-state index contributed by atoms with van der Waals surface area (Å²) in [7, 11) is 0. The van der Waals surface area contributed by atoms with Gasteiger partial charge in [0.2, 0.25) is 0 Å². The third kappa shape index (κ3) is 9.56. The second-order valence-electron chi connectivity index (χ2n) is 14.5. The van der Waals surface area contributed by atoms with E-state index in [-0.39, 0.29) is 0 Å². The summed E-state index contributed by atoms with van der Waals surface area (Å²) in [5.41, 5.74) is 14.3. The minimum absolute atomic E-state index is 0.635. The van der Waals surface area contributed by atoms with Gasteiger partial charge in [-0.25, -0.2) is 15.0 Å². The molecule has 4 nitrogen and oxygen atoms in total. The predicted molar refractivity (Wildman–Crippen MR) is 255 cm³/mol. The molecule has 5 aromatic rings. The number of benzene rings is 3. The molecular formula is C55H56N4. The summed E-state index contributed by atoms with van der Waals surface area (Å²) in [6.07, 6.45) is 31.7. The van der Waals surface area contributed by atoms with E-state index < -0.39 is 0 Å². The fraction of sp³-hybridized carbons (Fsp3) is 0.182. The van der Waals surface area contributed by atoms with Crippen LogP contribution in [0.15, 0.2) is 193 Å². The number of para-hydroxylation sites is 1. The topological polar surface area (TPSA) is 43.6 Å². The Morgan fingerprint density at radius 1 is 0.780 bits per heavy atom. The highest BCUT2D eigenvalue weighted by atomic mass is 15.0. The number of fused-ring (bicyclic) bond motifs is 1. The van der Waals surface area contributed by atoms with Gasteiger partial charge in [-0.3, -0.25) is 0 Å². The number of rotatable bonds is 15.